The molecule has 0 bridgehead atoms. The largest absolute Gasteiger partial charge is 0.388 e. The van der Waals surface area contributed by atoms with Crippen molar-refractivity contribution < 1.29 is 9.84 Å². The van der Waals surface area contributed by atoms with Gasteiger partial charge < -0.3 is 14.4 Å². The number of aliphatic hydroxyl groups is 1. The molecule has 1 N–H and O–H groups in total. The Morgan fingerprint density at radius 1 is 1.38 bits per heavy atom. The van der Waals surface area contributed by atoms with Crippen molar-refractivity contribution in [2.45, 2.75) is 38.5 Å². The van der Waals surface area contributed by atoms with Crippen molar-refractivity contribution in [3.63, 3.8) is 0 Å². The minimum atomic E-state index is -0.260. The predicted molar refractivity (Wildman–Crippen MR) is 60.8 cm³/mol. The second-order valence-electron chi connectivity index (χ2n) is 5.18. The highest BCUT2D eigenvalue weighted by atomic mass is 16.5. The molecule has 1 atom stereocenters. The van der Waals surface area contributed by atoms with Crippen LogP contribution in [0, 0.1) is 11.8 Å². The summed E-state index contributed by atoms with van der Waals surface area (Å²) in [6.45, 7) is 1.51. The molecular weight excluding hydrogens is 202 g/mol. The average Bonchev–Trinajstić information content (AvgIpc) is 3.17. The van der Waals surface area contributed by atoms with E-state index in [1.165, 1.54) is 25.7 Å². The number of aromatic nitrogens is 1. The molecule has 3 rings (SSSR count). The molecular formula is C13H19NO2. The summed E-state index contributed by atoms with van der Waals surface area (Å²) in [5, 5.41) is 9.94. The Morgan fingerprint density at radius 3 is 2.88 bits per heavy atom. The van der Waals surface area contributed by atoms with Gasteiger partial charge in [-0.2, -0.15) is 0 Å². The first-order valence-electron chi connectivity index (χ1n) is 6.24. The highest BCUT2D eigenvalue weighted by Crippen LogP contribution is 2.40. The van der Waals surface area contributed by atoms with Crippen molar-refractivity contribution in [2.24, 2.45) is 11.8 Å². The number of rotatable bonds is 6. The molecule has 1 aromatic heterocycles. The molecule has 0 amide bonds. The van der Waals surface area contributed by atoms with E-state index >= 15 is 0 Å². The van der Waals surface area contributed by atoms with Crippen molar-refractivity contribution in [1.82, 2.24) is 4.57 Å². The lowest BCUT2D eigenvalue weighted by molar-refractivity contribution is 0.0688. The normalized spacial score (nSPS) is 22.3. The molecule has 3 heteroatoms. The minimum Gasteiger partial charge on any atom is -0.388 e. The van der Waals surface area contributed by atoms with Gasteiger partial charge in [0.05, 0.1) is 12.7 Å². The van der Waals surface area contributed by atoms with Crippen molar-refractivity contribution in [3.8, 4) is 0 Å². The maximum absolute atomic E-state index is 9.94. The van der Waals surface area contributed by atoms with Gasteiger partial charge in [0, 0.05) is 12.4 Å². The van der Waals surface area contributed by atoms with Crippen LogP contribution >= 0.6 is 0 Å². The topological polar surface area (TPSA) is 34.4 Å². The molecule has 1 unspecified atom stereocenters. The summed E-state index contributed by atoms with van der Waals surface area (Å²) in [6, 6.07) is 2.00. The predicted octanol–water partition coefficient (Wildman–Crippen LogP) is 2.32. The third-order valence-electron chi connectivity index (χ3n) is 3.47. The molecule has 88 valence electrons. The number of nitrogens with zero attached hydrogens (tertiary/aromatic N) is 1. The molecule has 2 aliphatic rings. The van der Waals surface area contributed by atoms with Gasteiger partial charge in [0.15, 0.2) is 0 Å². The van der Waals surface area contributed by atoms with Crippen molar-refractivity contribution in [3.05, 3.63) is 24.0 Å². The Balaban J connectivity index is 1.50. The Morgan fingerprint density at radius 2 is 2.19 bits per heavy atom. The van der Waals surface area contributed by atoms with E-state index in [1.54, 1.807) is 0 Å². The zero-order valence-corrected chi connectivity index (χ0v) is 9.51. The third-order valence-corrected chi connectivity index (χ3v) is 3.47. The van der Waals surface area contributed by atoms with Crippen molar-refractivity contribution in [1.29, 1.82) is 0 Å². The van der Waals surface area contributed by atoms with Crippen LogP contribution in [0.25, 0.3) is 0 Å². The van der Waals surface area contributed by atoms with E-state index in [1.807, 2.05) is 23.0 Å². The fourth-order valence-corrected chi connectivity index (χ4v) is 2.01. The van der Waals surface area contributed by atoms with E-state index in [0.717, 1.165) is 18.1 Å². The van der Waals surface area contributed by atoms with Crippen LogP contribution < -0.4 is 0 Å². The minimum absolute atomic E-state index is 0.260. The van der Waals surface area contributed by atoms with Gasteiger partial charge in [-0.3, -0.25) is 0 Å². The summed E-state index contributed by atoms with van der Waals surface area (Å²) < 4.78 is 7.61. The molecule has 2 aliphatic carbocycles. The maximum atomic E-state index is 9.94. The first kappa shape index (κ1) is 10.4. The molecule has 1 aromatic rings. The Bertz CT molecular complexity index is 353. The van der Waals surface area contributed by atoms with E-state index < -0.39 is 0 Å². The van der Waals surface area contributed by atoms with Crippen molar-refractivity contribution >= 4 is 0 Å². The van der Waals surface area contributed by atoms with Gasteiger partial charge in [-0.05, 0) is 49.1 Å². The van der Waals surface area contributed by atoms with Gasteiger partial charge in [0.25, 0.3) is 0 Å². The first-order chi connectivity index (χ1) is 7.83. The first-order valence-corrected chi connectivity index (χ1v) is 6.24. The van der Waals surface area contributed by atoms with Crippen LogP contribution in [0.15, 0.2) is 18.5 Å². The molecule has 3 nitrogen and oxygen atoms in total. The van der Waals surface area contributed by atoms with Gasteiger partial charge in [0.1, 0.15) is 6.73 Å². The maximum Gasteiger partial charge on any atom is 0.122 e. The van der Waals surface area contributed by atoms with Crippen LogP contribution in [-0.2, 0) is 11.5 Å². The van der Waals surface area contributed by atoms with E-state index in [0.29, 0.717) is 12.6 Å². The highest BCUT2D eigenvalue weighted by molar-refractivity contribution is 5.15. The average molecular weight is 221 g/mol. The van der Waals surface area contributed by atoms with E-state index in [-0.39, 0.29) is 6.10 Å². The van der Waals surface area contributed by atoms with E-state index in [4.69, 9.17) is 4.74 Å². The van der Waals surface area contributed by atoms with Gasteiger partial charge in [-0.25, -0.2) is 0 Å². The summed E-state index contributed by atoms with van der Waals surface area (Å²) >= 11 is 0. The second-order valence-corrected chi connectivity index (χ2v) is 5.18. The quantitative estimate of drug-likeness (QED) is 0.800. The summed E-state index contributed by atoms with van der Waals surface area (Å²) in [4.78, 5) is 0. The fraction of sp³-hybridized carbons (Fsp3) is 0.692. The molecule has 0 spiro atoms. The van der Waals surface area contributed by atoms with Crippen LogP contribution in [-0.4, -0.2) is 16.3 Å². The molecule has 16 heavy (non-hydrogen) atoms. The van der Waals surface area contributed by atoms with Crippen molar-refractivity contribution in [2.75, 3.05) is 6.61 Å². The highest BCUT2D eigenvalue weighted by Gasteiger charge is 2.31. The lowest BCUT2D eigenvalue weighted by Gasteiger charge is -2.06. The third kappa shape index (κ3) is 2.47. The van der Waals surface area contributed by atoms with Crippen LogP contribution in [0.4, 0.5) is 0 Å². The molecule has 1 heterocycles. The molecule has 0 saturated heterocycles. The molecule has 0 aromatic carbocycles. The monoisotopic (exact) mass is 221 g/mol. The molecule has 0 aliphatic heterocycles. The van der Waals surface area contributed by atoms with Gasteiger partial charge >= 0.3 is 0 Å². The summed E-state index contributed by atoms with van der Waals surface area (Å²) in [5.74, 6) is 1.32. The second kappa shape index (κ2) is 4.22. The molecule has 2 fully saturated rings. The Kier molecular flexibility index (Phi) is 2.74. The fourth-order valence-electron chi connectivity index (χ4n) is 2.01. The van der Waals surface area contributed by atoms with Gasteiger partial charge in [0.2, 0.25) is 0 Å². The van der Waals surface area contributed by atoms with E-state index in [2.05, 4.69) is 0 Å². The number of hydrogen-bond donors (Lipinski definition) is 1. The number of aliphatic hydroxyl groups excluding tert-OH is 1. The smallest absolute Gasteiger partial charge is 0.122 e. The standard InChI is InChI=1S/C13H19NO2/c15-13(11-3-4-11)12-5-6-14(7-12)9-16-8-10-1-2-10/h5-7,10-11,13,15H,1-4,8-9H2. The van der Waals surface area contributed by atoms with Crippen LogP contribution in [0.5, 0.6) is 0 Å². The zero-order valence-electron chi connectivity index (χ0n) is 9.51. The molecule has 0 radical (unpaired) electrons. The van der Waals surface area contributed by atoms with Gasteiger partial charge in [-0.1, -0.05) is 0 Å². The van der Waals surface area contributed by atoms with Crippen LogP contribution in [0.2, 0.25) is 0 Å². The van der Waals surface area contributed by atoms with Crippen LogP contribution in [0.3, 0.4) is 0 Å². The summed E-state index contributed by atoms with van der Waals surface area (Å²) in [6.07, 6.45) is 8.75. The summed E-state index contributed by atoms with van der Waals surface area (Å²) in [7, 11) is 0. The lowest BCUT2D eigenvalue weighted by Crippen LogP contribution is -2.03. The Labute approximate surface area is 96.0 Å². The van der Waals surface area contributed by atoms with E-state index in [9.17, 15) is 5.11 Å². The van der Waals surface area contributed by atoms with Crippen LogP contribution in [0.1, 0.15) is 37.4 Å². The zero-order chi connectivity index (χ0) is 11.0. The lowest BCUT2D eigenvalue weighted by atomic mass is 10.1. The number of ether oxygens (including phenoxy) is 1. The van der Waals surface area contributed by atoms with Gasteiger partial charge in [-0.15, -0.1) is 0 Å². The molecule has 2 saturated carbocycles. The summed E-state index contributed by atoms with van der Waals surface area (Å²) in [5.41, 5.74) is 1.04. The Hall–Kier alpha value is -0.800. The SMILES string of the molecule is OC(c1ccn(COCC2CC2)c1)C1CC1. The number of hydrogen-bond acceptors (Lipinski definition) is 2.